The largest absolute Gasteiger partial charge is 0.459 e. The fourth-order valence-electron chi connectivity index (χ4n) is 2.78. The first-order chi connectivity index (χ1) is 15.2. The van der Waals surface area contributed by atoms with Gasteiger partial charge < -0.3 is 19.6 Å². The number of hydrogen-bond acceptors (Lipinski definition) is 7. The molecule has 9 nitrogen and oxygen atoms in total. The first-order valence-corrected chi connectivity index (χ1v) is 9.61. The smallest absolute Gasteiger partial charge is 0.291 e. The molecule has 4 aromatic rings. The van der Waals surface area contributed by atoms with Gasteiger partial charge in [-0.2, -0.15) is 4.98 Å². The molecule has 156 valence electrons. The molecule has 0 aliphatic carbocycles. The molecule has 0 bridgehead atoms. The van der Waals surface area contributed by atoms with Crippen molar-refractivity contribution in [2.24, 2.45) is 0 Å². The first kappa shape index (κ1) is 20.0. The lowest BCUT2D eigenvalue weighted by atomic mass is 10.2. The number of pyridine rings is 1. The molecule has 0 saturated heterocycles. The summed E-state index contributed by atoms with van der Waals surface area (Å²) in [6, 6.07) is 14.1. The van der Waals surface area contributed by atoms with Gasteiger partial charge in [0, 0.05) is 43.0 Å². The number of anilines is 1. The van der Waals surface area contributed by atoms with Crippen LogP contribution >= 0.6 is 0 Å². The van der Waals surface area contributed by atoms with Gasteiger partial charge in [0.25, 0.3) is 5.91 Å². The number of nitrogens with one attached hydrogen (secondary N) is 2. The van der Waals surface area contributed by atoms with Gasteiger partial charge in [0.05, 0.1) is 6.26 Å². The highest BCUT2D eigenvalue weighted by Crippen LogP contribution is 2.15. The number of amides is 2. The Morgan fingerprint density at radius 1 is 1.03 bits per heavy atom. The van der Waals surface area contributed by atoms with E-state index in [0.717, 1.165) is 11.1 Å². The quantitative estimate of drug-likeness (QED) is 0.451. The number of rotatable bonds is 8. The molecule has 0 saturated carbocycles. The summed E-state index contributed by atoms with van der Waals surface area (Å²) in [7, 11) is 0. The molecule has 0 aliphatic heterocycles. The zero-order chi connectivity index (χ0) is 21.5. The standard InChI is InChI=1S/C22H19N5O4/c28-19(9-10-20-26-21(27-31-20)16-3-1-11-23-14-16)24-13-15-5-7-17(8-6-15)25-22(29)18-4-2-12-30-18/h1-8,11-12,14H,9-10,13H2,(H,24,28)(H,25,29). The minimum atomic E-state index is -0.321. The van der Waals surface area contributed by atoms with Gasteiger partial charge in [-0.15, -0.1) is 0 Å². The summed E-state index contributed by atoms with van der Waals surface area (Å²) >= 11 is 0. The molecular weight excluding hydrogens is 398 g/mol. The Hall–Kier alpha value is -4.27. The minimum absolute atomic E-state index is 0.128. The summed E-state index contributed by atoms with van der Waals surface area (Å²) in [5.41, 5.74) is 2.30. The molecule has 0 aliphatic rings. The lowest BCUT2D eigenvalue weighted by Crippen LogP contribution is -2.23. The van der Waals surface area contributed by atoms with Crippen molar-refractivity contribution < 1.29 is 18.5 Å². The SMILES string of the molecule is O=C(CCc1nc(-c2cccnc2)no1)NCc1ccc(NC(=O)c2ccco2)cc1. The van der Waals surface area contributed by atoms with E-state index in [2.05, 4.69) is 25.8 Å². The van der Waals surface area contributed by atoms with Crippen molar-refractivity contribution in [1.82, 2.24) is 20.4 Å². The van der Waals surface area contributed by atoms with Gasteiger partial charge in [0.1, 0.15) is 0 Å². The molecule has 0 radical (unpaired) electrons. The maximum absolute atomic E-state index is 12.1. The van der Waals surface area contributed by atoms with E-state index in [-0.39, 0.29) is 24.0 Å². The Kier molecular flexibility index (Phi) is 6.13. The van der Waals surface area contributed by atoms with Crippen molar-refractivity contribution in [1.29, 1.82) is 0 Å². The van der Waals surface area contributed by atoms with E-state index in [4.69, 9.17) is 8.94 Å². The summed E-state index contributed by atoms with van der Waals surface area (Å²) < 4.78 is 10.3. The lowest BCUT2D eigenvalue weighted by Gasteiger charge is -2.07. The van der Waals surface area contributed by atoms with Crippen LogP contribution in [0.5, 0.6) is 0 Å². The monoisotopic (exact) mass is 417 g/mol. The maximum Gasteiger partial charge on any atom is 0.291 e. The average molecular weight is 417 g/mol. The number of hydrogen-bond donors (Lipinski definition) is 2. The van der Waals surface area contributed by atoms with Crippen LogP contribution in [0.3, 0.4) is 0 Å². The van der Waals surface area contributed by atoms with Crippen LogP contribution in [0, 0.1) is 0 Å². The highest BCUT2D eigenvalue weighted by molar-refractivity contribution is 6.02. The van der Waals surface area contributed by atoms with Gasteiger partial charge >= 0.3 is 0 Å². The number of furan rings is 1. The molecule has 0 spiro atoms. The first-order valence-electron chi connectivity index (χ1n) is 9.61. The molecular formula is C22H19N5O4. The topological polar surface area (TPSA) is 123 Å². The highest BCUT2D eigenvalue weighted by Gasteiger charge is 2.11. The van der Waals surface area contributed by atoms with E-state index in [1.165, 1.54) is 6.26 Å². The number of aryl methyl sites for hydroxylation is 1. The third-order valence-electron chi connectivity index (χ3n) is 4.40. The van der Waals surface area contributed by atoms with Crippen LogP contribution in [0.25, 0.3) is 11.4 Å². The summed E-state index contributed by atoms with van der Waals surface area (Å²) in [4.78, 5) is 32.4. The lowest BCUT2D eigenvalue weighted by molar-refractivity contribution is -0.121. The average Bonchev–Trinajstić information content (AvgIpc) is 3.50. The molecule has 3 heterocycles. The van der Waals surface area contributed by atoms with Crippen molar-refractivity contribution in [3.05, 3.63) is 84.4 Å². The van der Waals surface area contributed by atoms with E-state index in [1.807, 2.05) is 18.2 Å². The van der Waals surface area contributed by atoms with Gasteiger partial charge in [0.2, 0.25) is 17.6 Å². The molecule has 0 fully saturated rings. The minimum Gasteiger partial charge on any atom is -0.459 e. The Bertz CT molecular complexity index is 1140. The van der Waals surface area contributed by atoms with Crippen molar-refractivity contribution in [3.8, 4) is 11.4 Å². The van der Waals surface area contributed by atoms with Crippen molar-refractivity contribution in [3.63, 3.8) is 0 Å². The van der Waals surface area contributed by atoms with Crippen LogP contribution in [0.4, 0.5) is 5.69 Å². The zero-order valence-corrected chi connectivity index (χ0v) is 16.4. The predicted molar refractivity (Wildman–Crippen MR) is 111 cm³/mol. The summed E-state index contributed by atoms with van der Waals surface area (Å²) in [5, 5.41) is 9.50. The zero-order valence-electron chi connectivity index (χ0n) is 16.4. The van der Waals surface area contributed by atoms with Gasteiger partial charge in [-0.3, -0.25) is 14.6 Å². The van der Waals surface area contributed by atoms with Gasteiger partial charge in [0.15, 0.2) is 5.76 Å². The van der Waals surface area contributed by atoms with Crippen LogP contribution in [0.2, 0.25) is 0 Å². The molecule has 3 aromatic heterocycles. The second-order valence-electron chi connectivity index (χ2n) is 6.66. The Morgan fingerprint density at radius 3 is 2.65 bits per heavy atom. The fraction of sp³-hybridized carbons (Fsp3) is 0.136. The van der Waals surface area contributed by atoms with Crippen LogP contribution < -0.4 is 10.6 Å². The van der Waals surface area contributed by atoms with E-state index in [0.29, 0.717) is 30.4 Å². The summed E-state index contributed by atoms with van der Waals surface area (Å²) in [6.07, 6.45) is 5.33. The number of aromatic nitrogens is 3. The molecule has 1 aromatic carbocycles. The molecule has 9 heteroatoms. The second-order valence-corrected chi connectivity index (χ2v) is 6.66. The van der Waals surface area contributed by atoms with E-state index < -0.39 is 0 Å². The molecule has 2 amide bonds. The number of nitrogens with zero attached hydrogens (tertiary/aromatic N) is 3. The second kappa shape index (κ2) is 9.49. The summed E-state index contributed by atoms with van der Waals surface area (Å²) in [5.74, 6) is 0.633. The Labute approximate surface area is 177 Å². The predicted octanol–water partition coefficient (Wildman–Crippen LogP) is 3.23. The molecule has 0 unspecified atom stereocenters. The number of carbonyl (C=O) groups is 2. The molecule has 0 atom stereocenters. The third-order valence-corrected chi connectivity index (χ3v) is 4.40. The fourth-order valence-corrected chi connectivity index (χ4v) is 2.78. The highest BCUT2D eigenvalue weighted by atomic mass is 16.5. The maximum atomic E-state index is 12.1. The molecule has 31 heavy (non-hydrogen) atoms. The Balaban J connectivity index is 1.22. The van der Waals surface area contributed by atoms with Crippen molar-refractivity contribution >= 4 is 17.5 Å². The van der Waals surface area contributed by atoms with Crippen molar-refractivity contribution in [2.45, 2.75) is 19.4 Å². The van der Waals surface area contributed by atoms with E-state index in [1.54, 1.807) is 42.7 Å². The molecule has 4 rings (SSSR count). The van der Waals surface area contributed by atoms with Crippen LogP contribution in [0.15, 0.2) is 76.1 Å². The van der Waals surface area contributed by atoms with Crippen LogP contribution in [0.1, 0.15) is 28.4 Å². The number of carbonyl (C=O) groups excluding carboxylic acids is 2. The van der Waals surface area contributed by atoms with E-state index in [9.17, 15) is 9.59 Å². The van der Waals surface area contributed by atoms with E-state index >= 15 is 0 Å². The third kappa shape index (κ3) is 5.41. The summed E-state index contributed by atoms with van der Waals surface area (Å²) in [6.45, 7) is 0.371. The van der Waals surface area contributed by atoms with Gasteiger partial charge in [-0.05, 0) is 42.0 Å². The normalized spacial score (nSPS) is 10.6. The van der Waals surface area contributed by atoms with Crippen molar-refractivity contribution in [2.75, 3.05) is 5.32 Å². The van der Waals surface area contributed by atoms with Crippen LogP contribution in [-0.2, 0) is 17.8 Å². The van der Waals surface area contributed by atoms with Crippen LogP contribution in [-0.4, -0.2) is 26.9 Å². The van der Waals surface area contributed by atoms with Gasteiger partial charge in [-0.1, -0.05) is 17.3 Å². The Morgan fingerprint density at radius 2 is 1.90 bits per heavy atom. The molecule has 2 N–H and O–H groups in total. The van der Waals surface area contributed by atoms with Gasteiger partial charge in [-0.25, -0.2) is 0 Å². The number of benzene rings is 1.